The molecule has 1 aliphatic carbocycles. The molecule has 0 bridgehead atoms. The maximum absolute atomic E-state index is 2.47. The number of hydrogen-bond acceptors (Lipinski definition) is 1. The molecule has 0 spiro atoms. The van der Waals surface area contributed by atoms with Gasteiger partial charge >= 0.3 is 0 Å². The average Bonchev–Trinajstić information content (AvgIpc) is 3.12. The van der Waals surface area contributed by atoms with E-state index in [1.54, 1.807) is 0 Å². The van der Waals surface area contributed by atoms with Crippen molar-refractivity contribution >= 4 is 33.9 Å². The first-order valence-corrected chi connectivity index (χ1v) is 16.6. The summed E-state index contributed by atoms with van der Waals surface area (Å²) in [6.45, 7) is 4.41. The Morgan fingerprint density at radius 1 is 0.447 bits per heavy atom. The molecule has 0 aliphatic heterocycles. The van der Waals surface area contributed by atoms with Crippen molar-refractivity contribution < 1.29 is 0 Å². The van der Waals surface area contributed by atoms with E-state index >= 15 is 0 Å². The van der Waals surface area contributed by atoms with E-state index in [-0.39, 0.29) is 0 Å². The van der Waals surface area contributed by atoms with Gasteiger partial charge in [0, 0.05) is 22.3 Å². The maximum atomic E-state index is 2.47. The molecule has 0 N–H and O–H groups in total. The third-order valence-electron chi connectivity index (χ3n) is 9.61. The van der Waals surface area contributed by atoms with Crippen LogP contribution in [0.5, 0.6) is 0 Å². The molecular weight excluding hydrogens is 567 g/mol. The molecule has 47 heavy (non-hydrogen) atoms. The van der Waals surface area contributed by atoms with Crippen molar-refractivity contribution in [1.29, 1.82) is 0 Å². The molecule has 7 aromatic rings. The van der Waals surface area contributed by atoms with Gasteiger partial charge in [-0.3, -0.25) is 0 Å². The normalized spacial score (nSPS) is 12.4. The molecule has 0 saturated carbocycles. The molecule has 0 fully saturated rings. The van der Waals surface area contributed by atoms with Crippen molar-refractivity contribution in [3.8, 4) is 33.4 Å². The minimum atomic E-state index is 0.992. The van der Waals surface area contributed by atoms with E-state index in [1.165, 1.54) is 82.8 Å². The highest BCUT2D eigenvalue weighted by molar-refractivity contribution is 5.91. The van der Waals surface area contributed by atoms with E-state index in [2.05, 4.69) is 183 Å². The molecule has 0 atom stereocenters. The summed E-state index contributed by atoms with van der Waals surface area (Å²) in [6, 6.07) is 57.8. The van der Waals surface area contributed by atoms with Crippen molar-refractivity contribution in [2.75, 3.05) is 4.90 Å². The number of anilines is 2. The van der Waals surface area contributed by atoms with E-state index in [0.717, 1.165) is 12.8 Å². The Morgan fingerprint density at radius 3 is 1.85 bits per heavy atom. The third-order valence-corrected chi connectivity index (χ3v) is 9.61. The molecular formula is C46H37N. The van der Waals surface area contributed by atoms with Gasteiger partial charge in [0.1, 0.15) is 0 Å². The number of benzene rings is 7. The molecule has 0 aromatic heterocycles. The molecule has 1 nitrogen and oxygen atoms in total. The number of fused-ring (bicyclic) bond motifs is 2. The summed E-state index contributed by atoms with van der Waals surface area (Å²) < 4.78 is 0. The highest BCUT2D eigenvalue weighted by Gasteiger charge is 2.19. The van der Waals surface area contributed by atoms with Crippen LogP contribution in [0.4, 0.5) is 11.4 Å². The first-order chi connectivity index (χ1) is 23.1. The summed E-state index contributed by atoms with van der Waals surface area (Å²) >= 11 is 0. The molecule has 0 heterocycles. The van der Waals surface area contributed by atoms with Crippen LogP contribution in [0.25, 0.3) is 55.9 Å². The van der Waals surface area contributed by atoms with Crippen LogP contribution in [0.15, 0.2) is 158 Å². The van der Waals surface area contributed by atoms with Crippen molar-refractivity contribution in [3.63, 3.8) is 0 Å². The second kappa shape index (κ2) is 12.3. The van der Waals surface area contributed by atoms with Gasteiger partial charge in [-0.1, -0.05) is 140 Å². The predicted octanol–water partition coefficient (Wildman–Crippen LogP) is 11.0. The molecule has 0 radical (unpaired) electrons. The molecule has 8 rings (SSSR count). The zero-order valence-electron chi connectivity index (χ0n) is 26.9. The summed E-state index contributed by atoms with van der Waals surface area (Å²) in [5.41, 5.74) is 13.8. The Hall–Kier alpha value is -5.66. The van der Waals surface area contributed by atoms with E-state index in [9.17, 15) is 0 Å². The van der Waals surface area contributed by atoms with E-state index in [0.29, 0.717) is 0 Å². The average molecular weight is 604 g/mol. The number of aryl methyl sites for hydroxylation is 2. The second-order valence-electron chi connectivity index (χ2n) is 12.6. The predicted molar refractivity (Wildman–Crippen MR) is 201 cm³/mol. The van der Waals surface area contributed by atoms with Gasteiger partial charge in [0.05, 0.1) is 0 Å². The van der Waals surface area contributed by atoms with Gasteiger partial charge in [-0.2, -0.15) is 0 Å². The monoisotopic (exact) mass is 603 g/mol. The Balaban J connectivity index is 1.21. The van der Waals surface area contributed by atoms with E-state index < -0.39 is 0 Å². The highest BCUT2D eigenvalue weighted by atomic mass is 15.1. The molecule has 0 saturated heterocycles. The summed E-state index contributed by atoms with van der Waals surface area (Å²) in [5.74, 6) is 0. The maximum Gasteiger partial charge on any atom is 0.0465 e. The summed E-state index contributed by atoms with van der Waals surface area (Å²) in [4.78, 5) is 2.47. The van der Waals surface area contributed by atoms with Gasteiger partial charge < -0.3 is 4.90 Å². The molecule has 0 amide bonds. The van der Waals surface area contributed by atoms with Crippen LogP contribution in [0.2, 0.25) is 0 Å². The van der Waals surface area contributed by atoms with Crippen LogP contribution in [0, 0.1) is 13.8 Å². The van der Waals surface area contributed by atoms with Gasteiger partial charge in [-0.25, -0.2) is 0 Å². The lowest BCUT2D eigenvalue weighted by Gasteiger charge is -2.30. The van der Waals surface area contributed by atoms with Crippen LogP contribution < -0.4 is 15.3 Å². The lowest BCUT2D eigenvalue weighted by Crippen LogP contribution is -2.34. The summed E-state index contributed by atoms with van der Waals surface area (Å²) in [7, 11) is 0. The van der Waals surface area contributed by atoms with Gasteiger partial charge in [0.2, 0.25) is 0 Å². The zero-order chi connectivity index (χ0) is 31.7. The van der Waals surface area contributed by atoms with Crippen molar-refractivity contribution in [2.45, 2.75) is 26.7 Å². The van der Waals surface area contributed by atoms with Crippen molar-refractivity contribution in [3.05, 3.63) is 179 Å². The van der Waals surface area contributed by atoms with Gasteiger partial charge in [0.25, 0.3) is 0 Å². The number of nitrogens with zero attached hydrogens (tertiary/aromatic N) is 1. The first kappa shape index (κ1) is 28.8. The van der Waals surface area contributed by atoms with Gasteiger partial charge in [-0.15, -0.1) is 0 Å². The largest absolute Gasteiger partial charge is 0.314 e. The van der Waals surface area contributed by atoms with Crippen LogP contribution in [0.3, 0.4) is 0 Å². The van der Waals surface area contributed by atoms with Crippen molar-refractivity contribution in [2.24, 2.45) is 0 Å². The highest BCUT2D eigenvalue weighted by Crippen LogP contribution is 2.39. The minimum Gasteiger partial charge on any atom is -0.314 e. The van der Waals surface area contributed by atoms with Gasteiger partial charge in [0.15, 0.2) is 0 Å². The fraction of sp³-hybridized carbons (Fsp3) is 0.0870. The lowest BCUT2D eigenvalue weighted by molar-refractivity contribution is 1.03. The zero-order valence-corrected chi connectivity index (χ0v) is 26.9. The smallest absolute Gasteiger partial charge is 0.0465 e. The standard InChI is InChI=1S/C46H37N/c1-32-12-3-7-17-41(32)42-29-25-38(30-33(42)2)44-19-10-9-18-43(44)36-23-26-39(27-24-36)47(40-28-22-34-13-4-5-15-37(34)31-40)46-21-11-16-35-14-6-8-20-45(35)46/h3-10,12-20,22-31H,11,21H2,1-2H3. The molecule has 0 unspecified atom stereocenters. The van der Waals surface area contributed by atoms with Crippen molar-refractivity contribution in [1.82, 2.24) is 0 Å². The van der Waals surface area contributed by atoms with Crippen LogP contribution in [-0.4, -0.2) is 0 Å². The Morgan fingerprint density at radius 2 is 1.06 bits per heavy atom. The number of rotatable bonds is 6. The molecule has 1 heteroatoms. The van der Waals surface area contributed by atoms with Gasteiger partial charge in [-0.05, 0) is 111 Å². The topological polar surface area (TPSA) is 3.24 Å². The third kappa shape index (κ3) is 5.45. The number of hydrogen-bond donors (Lipinski definition) is 0. The van der Waals surface area contributed by atoms with E-state index in [4.69, 9.17) is 0 Å². The Labute approximate surface area is 277 Å². The molecule has 7 aromatic carbocycles. The van der Waals surface area contributed by atoms with Crippen LogP contribution in [-0.2, 0) is 0 Å². The molecule has 226 valence electrons. The second-order valence-corrected chi connectivity index (χ2v) is 12.6. The first-order valence-electron chi connectivity index (χ1n) is 16.6. The lowest BCUT2D eigenvalue weighted by atomic mass is 9.90. The Bertz CT molecular complexity index is 2380. The fourth-order valence-electron chi connectivity index (χ4n) is 7.23. The molecule has 1 aliphatic rings. The quantitative estimate of drug-likeness (QED) is 0.183. The summed E-state index contributed by atoms with van der Waals surface area (Å²) in [5, 5.41) is 5.13. The van der Waals surface area contributed by atoms with E-state index in [1.807, 2.05) is 0 Å². The Kier molecular flexibility index (Phi) is 7.51. The van der Waals surface area contributed by atoms with Crippen LogP contribution in [0.1, 0.15) is 24.0 Å². The SMILES string of the molecule is Cc1ccccc1-c1ccc(-c2ccccc2-c2ccc(N(C3=c4ccccc4=CCC3)c3ccc4ccccc4c3)cc2)cc1C. The minimum absolute atomic E-state index is 0.992. The fourth-order valence-corrected chi connectivity index (χ4v) is 7.23. The van der Waals surface area contributed by atoms with Crippen LogP contribution >= 0.6 is 0 Å². The summed E-state index contributed by atoms with van der Waals surface area (Å²) in [6.07, 6.45) is 4.39.